The molecule has 0 fully saturated rings. The van der Waals surface area contributed by atoms with Gasteiger partial charge in [0.15, 0.2) is 0 Å². The van der Waals surface area contributed by atoms with Gasteiger partial charge in [0.2, 0.25) is 0 Å². The molecule has 0 radical (unpaired) electrons. The summed E-state index contributed by atoms with van der Waals surface area (Å²) in [5.41, 5.74) is -9.78. The van der Waals surface area contributed by atoms with Gasteiger partial charge < -0.3 is 19.4 Å². The predicted octanol–water partition coefficient (Wildman–Crippen LogP) is 11.4. The maximum absolute atomic E-state index is 9.64. The summed E-state index contributed by atoms with van der Waals surface area (Å²) in [6, 6.07) is 2.83. The number of rotatable bonds is 12. The Kier molecular flexibility index (Phi) is 5.37. The van der Waals surface area contributed by atoms with Crippen molar-refractivity contribution in [1.82, 2.24) is 15.0 Å². The maximum Gasteiger partial charge on any atom is 3.00 e. The van der Waals surface area contributed by atoms with E-state index < -0.39 is 185 Å². The molecule has 9 aromatic rings. The van der Waals surface area contributed by atoms with Crippen LogP contribution >= 0.6 is 0 Å². The van der Waals surface area contributed by atoms with Crippen LogP contribution in [0.4, 0.5) is 0 Å². The second-order valence-corrected chi connectivity index (χ2v) is 11.7. The quantitative estimate of drug-likeness (QED) is 0.114. The summed E-state index contributed by atoms with van der Waals surface area (Å²) >= 11 is 0. The van der Waals surface area contributed by atoms with Gasteiger partial charge in [-0.15, -0.1) is 89.8 Å². The second-order valence-electron chi connectivity index (χ2n) is 11.7. The van der Waals surface area contributed by atoms with Crippen molar-refractivity contribution in [3.05, 3.63) is 209 Å². The molecule has 0 aliphatic rings. The number of hydrogen-bond acceptors (Lipinski definition) is 5. The molecule has 5 nitrogen and oxygen atoms in total. The van der Waals surface area contributed by atoms with Crippen LogP contribution in [0.1, 0.15) is 77.3 Å². The fraction of sp³-hybridized carbons (Fsp3) is 0.115. The van der Waals surface area contributed by atoms with Gasteiger partial charge in [-0.2, -0.15) is 5.26 Å². The van der Waals surface area contributed by atoms with Crippen LogP contribution in [-0.4, -0.2) is 15.0 Å². The number of fused-ring (bicyclic) bond motifs is 3. The maximum atomic E-state index is 9.64. The van der Waals surface area contributed by atoms with Gasteiger partial charge in [0.25, 0.3) is 0 Å². The molecule has 4 heterocycles. The van der Waals surface area contributed by atoms with E-state index in [1.165, 1.54) is 0 Å². The van der Waals surface area contributed by atoms with Crippen LogP contribution in [0, 0.1) is 29.5 Å². The first-order valence-corrected chi connectivity index (χ1v) is 16.7. The Balaban J connectivity index is 0.00000961. The first-order chi connectivity index (χ1) is 39.3. The Labute approximate surface area is 391 Å². The molecule has 0 spiro atoms. The fourth-order valence-corrected chi connectivity index (χ4v) is 5.31. The Morgan fingerprint density at radius 3 is 1.62 bits per heavy atom. The van der Waals surface area contributed by atoms with E-state index in [0.717, 1.165) is 18.2 Å². The summed E-state index contributed by atoms with van der Waals surface area (Å²) < 4.78 is 254. The van der Waals surface area contributed by atoms with Gasteiger partial charge in [-0.05, 0) is 108 Å². The van der Waals surface area contributed by atoms with Crippen LogP contribution in [0.25, 0.3) is 55.7 Å². The average molecular weight is 954 g/mol. The summed E-state index contributed by atoms with van der Waals surface area (Å²) in [5, 5.41) is 9.25. The minimum absolute atomic E-state index is 0. The molecule has 9 rings (SSSR count). The summed E-state index contributed by atoms with van der Waals surface area (Å²) in [5.74, 6) is 0. The van der Waals surface area contributed by atoms with E-state index >= 15 is 0 Å². The molecule has 280 valence electrons. The molecule has 0 aliphatic carbocycles. The van der Waals surface area contributed by atoms with Crippen molar-refractivity contribution < 1.29 is 62.9 Å². The number of pyridine rings is 3. The van der Waals surface area contributed by atoms with E-state index in [9.17, 15) is 21.7 Å². The van der Waals surface area contributed by atoms with E-state index in [-0.39, 0.29) is 64.8 Å². The molecule has 0 atom stereocenters. The predicted molar refractivity (Wildman–Crippen MR) is 226 cm³/mol. The zero-order chi connectivity index (χ0) is 63.1. The normalized spacial score (nSPS) is 19.4. The van der Waals surface area contributed by atoms with Crippen LogP contribution in [0.2, 0.25) is 0 Å². The van der Waals surface area contributed by atoms with Crippen LogP contribution < -0.4 is 0 Å². The molecule has 58 heavy (non-hydrogen) atoms. The van der Waals surface area contributed by atoms with Crippen molar-refractivity contribution in [2.75, 3.05) is 0 Å². The summed E-state index contributed by atoms with van der Waals surface area (Å²) in [6.45, 7) is 0. The van der Waals surface area contributed by atoms with Crippen molar-refractivity contribution in [3.63, 3.8) is 0 Å². The van der Waals surface area contributed by atoms with Gasteiger partial charge in [0.1, 0.15) is 5.58 Å². The molecule has 6 heteroatoms. The molecule has 0 bridgehead atoms. The van der Waals surface area contributed by atoms with Crippen LogP contribution in [0.15, 0.2) is 156 Å². The standard InChI is InChI=1S/C52H37N4O.Ir/c53-32-42-20-24-45-46-12-7-13-47(52(46)57-51(45)31-42)50-27-23-38(35-56-50)16-19-41-29-39(17-14-36-21-25-48(54-33-36)43-8-3-1-4-9-43)28-40(30-41)18-15-37-22-26-49(55-34-37)44-10-5-2-6-11-44;/h1-8,10,12,20-31,33-35H,14-19H2;/q-3;+3/i1D,2D,3D,5D,8D,10D,12D,14D2,15D2,16D2,17D2,18D2,19D2,20D,21D,22D,23D,24D,25D,26D,27D,31D;. The zero-order valence-electron chi connectivity index (χ0n) is 57.2. The zero-order valence-corrected chi connectivity index (χ0v) is 31.6. The smallest absolute Gasteiger partial charge is 0.501 e. The molecule has 0 unspecified atom stereocenters. The van der Waals surface area contributed by atoms with Gasteiger partial charge in [-0.1, -0.05) is 71.4 Å². The summed E-state index contributed by atoms with van der Waals surface area (Å²) in [7, 11) is 0. The number of benzene rings is 5. The molecule has 0 aliphatic heterocycles. The number of furan rings is 1. The number of hydrogen-bond donors (Lipinski definition) is 0. The minimum atomic E-state index is -3.69. The number of aryl methyl sites for hydroxylation is 6. The van der Waals surface area contributed by atoms with E-state index in [1.54, 1.807) is 6.07 Å². The average Bonchev–Trinajstić information content (AvgIpc) is 1.20. The first kappa shape index (κ1) is 17.5. The van der Waals surface area contributed by atoms with Crippen molar-refractivity contribution >= 4 is 21.9 Å². The third-order valence-corrected chi connectivity index (χ3v) is 7.91. The van der Waals surface area contributed by atoms with E-state index in [0.29, 0.717) is 36.8 Å². The SMILES string of the molecule is [2H]c1c[c-]c(-c2ncc(C([2H])([2H])C([2H])([2H])c3cc(C([2H])([2H])C([2H])([2H])c4cnc(-c5[c-]cc([2H])c([2H])c5[2H])c([2H])c4[2H])cc(C([2H])([2H])C([2H])([2H])c4cnc(-c5[c-]cc([2H])c6c5oc5c([2H])c(C#N)c([2H])c([2H])c56)c([2H])c4[2H])c3)c([2H])c2[2H])c([2H])c1[2H].[Ir+3]. The Morgan fingerprint density at radius 2 is 1.07 bits per heavy atom. The molecule has 0 amide bonds. The largest absolute Gasteiger partial charge is 3.00 e. The third kappa shape index (κ3) is 8.72. The van der Waals surface area contributed by atoms with Crippen LogP contribution in [-0.2, 0) is 58.3 Å². The van der Waals surface area contributed by atoms with Crippen molar-refractivity contribution in [3.8, 4) is 39.8 Å². The molecule has 0 saturated carbocycles. The second kappa shape index (κ2) is 17.7. The minimum Gasteiger partial charge on any atom is -0.501 e. The molecule has 5 aromatic carbocycles. The van der Waals surface area contributed by atoms with E-state index in [2.05, 4.69) is 33.2 Å². The van der Waals surface area contributed by atoms with Gasteiger partial charge >= 0.3 is 20.1 Å². The molecular weight excluding hydrogens is 889 g/mol. The van der Waals surface area contributed by atoms with E-state index in [1.807, 2.05) is 0 Å². The first-order valence-electron chi connectivity index (χ1n) is 30.7. The van der Waals surface area contributed by atoms with Crippen molar-refractivity contribution in [2.45, 2.75) is 38.2 Å². The summed E-state index contributed by atoms with van der Waals surface area (Å²) in [6.07, 6.45) is -19.9. The monoisotopic (exact) mass is 954 g/mol. The number of aromatic nitrogens is 3. The van der Waals surface area contributed by atoms with Crippen LogP contribution in [0.5, 0.6) is 0 Å². The molecule has 0 saturated heterocycles. The Morgan fingerprint density at radius 1 is 0.552 bits per heavy atom. The van der Waals surface area contributed by atoms with Crippen molar-refractivity contribution in [2.24, 2.45) is 0 Å². The van der Waals surface area contributed by atoms with Gasteiger partial charge in [0, 0.05) is 43.2 Å². The fourth-order valence-electron chi connectivity index (χ4n) is 5.31. The van der Waals surface area contributed by atoms with Gasteiger partial charge in [0.05, 0.1) is 29.6 Å². The number of nitriles is 1. The van der Waals surface area contributed by atoms with Gasteiger partial charge in [-0.25, -0.2) is 0 Å². The molecule has 4 aromatic heterocycles. The molecule has 0 N–H and O–H groups in total. The molecular formula is C52H37IrN4O. The Bertz CT molecular complexity index is 4230. The van der Waals surface area contributed by atoms with E-state index in [4.69, 9.17) is 26.3 Å². The Hall–Kier alpha value is -6.51. The number of nitrogens with zero attached hydrogens (tertiary/aromatic N) is 4. The summed E-state index contributed by atoms with van der Waals surface area (Å²) in [4.78, 5) is 12.2. The third-order valence-electron chi connectivity index (χ3n) is 7.91. The van der Waals surface area contributed by atoms with Crippen molar-refractivity contribution in [1.29, 1.82) is 5.26 Å². The van der Waals surface area contributed by atoms with Gasteiger partial charge in [-0.3, -0.25) is 0 Å². The van der Waals surface area contributed by atoms with Crippen LogP contribution in [0.3, 0.4) is 0 Å². The topological polar surface area (TPSA) is 75.6 Å².